The molecule has 0 fully saturated rings. The van der Waals surface area contributed by atoms with E-state index in [1.54, 1.807) is 12.1 Å². The summed E-state index contributed by atoms with van der Waals surface area (Å²) in [4.78, 5) is 4.56. The van der Waals surface area contributed by atoms with Crippen LogP contribution in [-0.4, -0.2) is 10.7 Å². The van der Waals surface area contributed by atoms with Gasteiger partial charge in [0.05, 0.1) is 16.4 Å². The minimum absolute atomic E-state index is 0.541. The van der Waals surface area contributed by atoms with Crippen LogP contribution >= 0.6 is 34.5 Å². The van der Waals surface area contributed by atoms with Gasteiger partial charge in [0.1, 0.15) is 12.4 Å². The molecule has 4 nitrogen and oxygen atoms in total. The highest BCUT2D eigenvalue weighted by molar-refractivity contribution is 7.14. The number of hydrazone groups is 1. The van der Waals surface area contributed by atoms with E-state index in [1.807, 2.05) is 73.0 Å². The van der Waals surface area contributed by atoms with Gasteiger partial charge in [0.15, 0.2) is 0 Å². The van der Waals surface area contributed by atoms with Crippen LogP contribution in [0.15, 0.2) is 83.3 Å². The Morgan fingerprint density at radius 2 is 1.81 bits per heavy atom. The minimum atomic E-state index is 0.541. The molecule has 0 saturated carbocycles. The van der Waals surface area contributed by atoms with Crippen LogP contribution in [0.2, 0.25) is 10.0 Å². The predicted octanol–water partition coefficient (Wildman–Crippen LogP) is 7.53. The molecule has 1 heterocycles. The summed E-state index contributed by atoms with van der Waals surface area (Å²) in [5.74, 6) is 0.817. The van der Waals surface area contributed by atoms with Crippen molar-refractivity contribution in [1.29, 1.82) is 0 Å². The van der Waals surface area contributed by atoms with Crippen LogP contribution in [0.3, 0.4) is 0 Å². The number of ether oxygens (including phenoxy) is 1. The Kier molecular flexibility index (Phi) is 6.87. The number of benzene rings is 3. The molecule has 0 aliphatic carbocycles. The van der Waals surface area contributed by atoms with Crippen molar-refractivity contribution < 1.29 is 4.74 Å². The maximum absolute atomic E-state index is 6.27. The van der Waals surface area contributed by atoms with E-state index < -0.39 is 0 Å². The fourth-order valence-corrected chi connectivity index (χ4v) is 4.03. The molecular formula is C24H19Cl2N3OS. The van der Waals surface area contributed by atoms with Crippen molar-refractivity contribution in [2.45, 2.75) is 13.5 Å². The van der Waals surface area contributed by atoms with Gasteiger partial charge in [-0.05, 0) is 60.5 Å². The topological polar surface area (TPSA) is 46.5 Å². The van der Waals surface area contributed by atoms with Gasteiger partial charge in [-0.15, -0.1) is 11.3 Å². The lowest BCUT2D eigenvalue weighted by Crippen LogP contribution is -2.00. The van der Waals surface area contributed by atoms with E-state index in [0.29, 0.717) is 21.8 Å². The summed E-state index contributed by atoms with van der Waals surface area (Å²) in [5.41, 5.74) is 7.61. The number of halogens is 2. The molecule has 1 N–H and O–H groups in total. The average molecular weight is 468 g/mol. The van der Waals surface area contributed by atoms with Gasteiger partial charge in [0.2, 0.25) is 5.13 Å². The van der Waals surface area contributed by atoms with Crippen molar-refractivity contribution in [2.24, 2.45) is 5.10 Å². The Morgan fingerprint density at radius 3 is 2.55 bits per heavy atom. The number of nitrogens with zero attached hydrogens (tertiary/aromatic N) is 2. The molecule has 4 aromatic rings. The molecule has 0 bridgehead atoms. The van der Waals surface area contributed by atoms with Crippen LogP contribution in [0, 0.1) is 0 Å². The summed E-state index contributed by atoms with van der Waals surface area (Å²) < 4.78 is 5.83. The van der Waals surface area contributed by atoms with Crippen molar-refractivity contribution >= 4 is 45.4 Å². The molecule has 31 heavy (non-hydrogen) atoms. The lowest BCUT2D eigenvalue weighted by Gasteiger charge is -2.07. The molecule has 7 heteroatoms. The van der Waals surface area contributed by atoms with Crippen LogP contribution in [-0.2, 0) is 6.61 Å². The van der Waals surface area contributed by atoms with Gasteiger partial charge in [-0.3, -0.25) is 5.43 Å². The number of hydrogen-bond donors (Lipinski definition) is 1. The third-order valence-electron chi connectivity index (χ3n) is 4.55. The van der Waals surface area contributed by atoms with Crippen LogP contribution < -0.4 is 10.2 Å². The summed E-state index contributed by atoms with van der Waals surface area (Å²) >= 11 is 13.7. The maximum atomic E-state index is 6.27. The number of aromatic nitrogens is 1. The molecule has 0 spiro atoms. The second-order valence-corrected chi connectivity index (χ2v) is 8.47. The third-order valence-corrected chi connectivity index (χ3v) is 5.85. The molecule has 3 aromatic carbocycles. The van der Waals surface area contributed by atoms with E-state index in [9.17, 15) is 0 Å². The molecule has 0 saturated heterocycles. The zero-order valence-electron chi connectivity index (χ0n) is 16.7. The lowest BCUT2D eigenvalue weighted by molar-refractivity contribution is 0.306. The van der Waals surface area contributed by atoms with E-state index in [2.05, 4.69) is 15.5 Å². The average Bonchev–Trinajstić information content (AvgIpc) is 3.26. The molecule has 0 radical (unpaired) electrons. The summed E-state index contributed by atoms with van der Waals surface area (Å²) in [6.07, 6.45) is 0. The molecule has 1 aromatic heterocycles. The van der Waals surface area contributed by atoms with Gasteiger partial charge in [-0.1, -0.05) is 53.5 Å². The summed E-state index contributed by atoms with van der Waals surface area (Å²) in [6.45, 7) is 2.48. The first kappa shape index (κ1) is 21.4. The number of anilines is 1. The Bertz CT molecular complexity index is 1190. The zero-order chi connectivity index (χ0) is 21.6. The van der Waals surface area contributed by atoms with Gasteiger partial charge in [-0.25, -0.2) is 4.98 Å². The van der Waals surface area contributed by atoms with Gasteiger partial charge in [0.25, 0.3) is 0 Å². The molecule has 0 aliphatic rings. The van der Waals surface area contributed by atoms with Crippen molar-refractivity contribution in [1.82, 2.24) is 4.98 Å². The molecule has 0 aliphatic heterocycles. The van der Waals surface area contributed by atoms with Crippen LogP contribution in [0.4, 0.5) is 5.13 Å². The first-order chi connectivity index (χ1) is 15.1. The van der Waals surface area contributed by atoms with Crippen molar-refractivity contribution in [3.63, 3.8) is 0 Å². The molecule has 4 rings (SSSR count). The Hall–Kier alpha value is -2.86. The van der Waals surface area contributed by atoms with Gasteiger partial charge in [0, 0.05) is 16.0 Å². The van der Waals surface area contributed by atoms with Crippen LogP contribution in [0.1, 0.15) is 18.1 Å². The molecule has 0 amide bonds. The highest BCUT2D eigenvalue weighted by Gasteiger charge is 2.09. The second-order valence-electron chi connectivity index (χ2n) is 6.77. The number of nitrogens with one attached hydrogen (secondary N) is 1. The summed E-state index contributed by atoms with van der Waals surface area (Å²) in [6, 6.07) is 23.3. The standard InChI is InChI=1S/C24H19Cl2N3OS/c1-16(18-7-10-20(11-8-18)30-14-17-5-3-2-4-6-17)28-29-24-27-23(15-31-24)21-12-9-19(25)13-22(21)26/h2-13,15H,14H2,1H3,(H,27,29)/b28-16-. The predicted molar refractivity (Wildman–Crippen MR) is 131 cm³/mol. The van der Waals surface area contributed by atoms with Crippen LogP contribution in [0.25, 0.3) is 11.3 Å². The first-order valence-electron chi connectivity index (χ1n) is 9.57. The van der Waals surface area contributed by atoms with Gasteiger partial charge in [-0.2, -0.15) is 5.10 Å². The van der Waals surface area contributed by atoms with E-state index in [0.717, 1.165) is 33.8 Å². The zero-order valence-corrected chi connectivity index (χ0v) is 19.0. The molecule has 156 valence electrons. The van der Waals surface area contributed by atoms with Gasteiger partial charge < -0.3 is 4.74 Å². The Morgan fingerprint density at radius 1 is 1.03 bits per heavy atom. The number of hydrogen-bond acceptors (Lipinski definition) is 5. The van der Waals surface area contributed by atoms with Crippen molar-refractivity contribution in [3.8, 4) is 17.0 Å². The maximum Gasteiger partial charge on any atom is 0.203 e. The summed E-state index contributed by atoms with van der Waals surface area (Å²) in [5, 5.41) is 8.23. The first-order valence-corrected chi connectivity index (χ1v) is 11.2. The van der Waals surface area contributed by atoms with E-state index in [1.165, 1.54) is 11.3 Å². The number of rotatable bonds is 7. The minimum Gasteiger partial charge on any atom is -0.489 e. The Labute approximate surface area is 195 Å². The lowest BCUT2D eigenvalue weighted by atomic mass is 10.1. The van der Waals surface area contributed by atoms with Gasteiger partial charge >= 0.3 is 0 Å². The molecule has 0 unspecified atom stereocenters. The van der Waals surface area contributed by atoms with Crippen molar-refractivity contribution in [2.75, 3.05) is 5.43 Å². The number of thiazole rings is 1. The van der Waals surface area contributed by atoms with E-state index in [4.69, 9.17) is 27.9 Å². The largest absolute Gasteiger partial charge is 0.489 e. The van der Waals surface area contributed by atoms with E-state index >= 15 is 0 Å². The highest BCUT2D eigenvalue weighted by Crippen LogP contribution is 2.32. The second kappa shape index (κ2) is 9.96. The molecule has 0 atom stereocenters. The van der Waals surface area contributed by atoms with E-state index in [-0.39, 0.29) is 0 Å². The SMILES string of the molecule is C/C(=N/Nc1nc(-c2ccc(Cl)cc2Cl)cs1)c1ccc(OCc2ccccc2)cc1. The van der Waals surface area contributed by atoms with Crippen LogP contribution in [0.5, 0.6) is 5.75 Å². The Balaban J connectivity index is 1.38. The fraction of sp³-hybridized carbons (Fsp3) is 0.0833. The summed E-state index contributed by atoms with van der Waals surface area (Å²) in [7, 11) is 0. The molecular weight excluding hydrogens is 449 g/mol. The monoisotopic (exact) mass is 467 g/mol. The fourth-order valence-electron chi connectivity index (χ4n) is 2.88. The quantitative estimate of drug-likeness (QED) is 0.225. The smallest absolute Gasteiger partial charge is 0.203 e. The van der Waals surface area contributed by atoms with Crippen molar-refractivity contribution in [3.05, 3.63) is 99.3 Å². The third kappa shape index (κ3) is 5.64. The highest BCUT2D eigenvalue weighted by atomic mass is 35.5. The normalized spacial score (nSPS) is 11.4.